The molecular formula is C28H44N2O3. The zero-order chi connectivity index (χ0) is 23.4. The Morgan fingerprint density at radius 2 is 1.79 bits per heavy atom. The highest BCUT2D eigenvalue weighted by atomic mass is 16.5. The third kappa shape index (κ3) is 3.64. The molecule has 5 nitrogen and oxygen atoms in total. The number of aliphatic hydroxyl groups is 1. The first-order valence-electron chi connectivity index (χ1n) is 13.4. The van der Waals surface area contributed by atoms with Crippen molar-refractivity contribution in [3.05, 3.63) is 18.5 Å². The van der Waals surface area contributed by atoms with Gasteiger partial charge in [-0.25, -0.2) is 0 Å². The van der Waals surface area contributed by atoms with Crippen molar-refractivity contribution in [2.75, 3.05) is 7.11 Å². The third-order valence-corrected chi connectivity index (χ3v) is 11.4. The van der Waals surface area contributed by atoms with Gasteiger partial charge in [0.05, 0.1) is 18.8 Å². The van der Waals surface area contributed by atoms with E-state index >= 15 is 0 Å². The summed E-state index contributed by atoms with van der Waals surface area (Å²) < 4.78 is 7.43. The Balaban J connectivity index is 1.39. The summed E-state index contributed by atoms with van der Waals surface area (Å²) in [6, 6.07) is 1.90. The van der Waals surface area contributed by atoms with Crippen molar-refractivity contribution in [3.8, 4) is 0 Å². The van der Waals surface area contributed by atoms with Crippen molar-refractivity contribution in [1.82, 2.24) is 9.78 Å². The van der Waals surface area contributed by atoms with Gasteiger partial charge in [0.1, 0.15) is 0 Å². The van der Waals surface area contributed by atoms with Crippen molar-refractivity contribution < 1.29 is 14.6 Å². The fraction of sp³-hybridized carbons (Fsp3) is 0.857. The predicted molar refractivity (Wildman–Crippen MR) is 128 cm³/mol. The normalized spacial score (nSPS) is 47.7. The first kappa shape index (κ1) is 23.5. The lowest BCUT2D eigenvalue weighted by molar-refractivity contribution is -0.172. The van der Waals surface area contributed by atoms with Crippen molar-refractivity contribution in [3.63, 3.8) is 0 Å². The van der Waals surface area contributed by atoms with Gasteiger partial charge in [-0.1, -0.05) is 27.2 Å². The van der Waals surface area contributed by atoms with Crippen LogP contribution >= 0.6 is 0 Å². The number of hydrogen-bond donors (Lipinski definition) is 1. The number of nitrogens with zero attached hydrogens (tertiary/aromatic N) is 2. The van der Waals surface area contributed by atoms with E-state index in [-0.39, 0.29) is 29.0 Å². The van der Waals surface area contributed by atoms with Crippen molar-refractivity contribution in [1.29, 1.82) is 0 Å². The first-order chi connectivity index (χ1) is 15.7. The minimum absolute atomic E-state index is 0.00565. The summed E-state index contributed by atoms with van der Waals surface area (Å²) in [7, 11) is 1.75. The molecule has 0 bridgehead atoms. The zero-order valence-corrected chi connectivity index (χ0v) is 21.1. The molecule has 4 aliphatic rings. The monoisotopic (exact) mass is 456 g/mol. The average Bonchev–Trinajstić information content (AvgIpc) is 3.40. The maximum Gasteiger partial charge on any atom is 0.157 e. The lowest BCUT2D eigenvalue weighted by Gasteiger charge is -2.65. The fourth-order valence-corrected chi connectivity index (χ4v) is 9.78. The molecule has 0 saturated heterocycles. The molecule has 5 rings (SSSR count). The van der Waals surface area contributed by atoms with Crippen LogP contribution in [0, 0.1) is 39.9 Å². The Hall–Kier alpha value is -1.20. The topological polar surface area (TPSA) is 64.4 Å². The van der Waals surface area contributed by atoms with E-state index in [1.54, 1.807) is 18.0 Å². The van der Waals surface area contributed by atoms with E-state index in [1.165, 1.54) is 38.5 Å². The first-order valence-corrected chi connectivity index (χ1v) is 13.4. The van der Waals surface area contributed by atoms with Gasteiger partial charge < -0.3 is 9.84 Å². The lowest BCUT2D eigenvalue weighted by atomic mass is 9.40. The quantitative estimate of drug-likeness (QED) is 0.671. The van der Waals surface area contributed by atoms with Crippen LogP contribution in [0.2, 0.25) is 0 Å². The Morgan fingerprint density at radius 3 is 2.52 bits per heavy atom. The van der Waals surface area contributed by atoms with Crippen molar-refractivity contribution in [2.24, 2.45) is 39.9 Å². The summed E-state index contributed by atoms with van der Waals surface area (Å²) in [6.07, 6.45) is 14.6. The number of ether oxygens (including phenoxy) is 1. The number of methoxy groups -OCH3 is 1. The molecule has 4 aliphatic carbocycles. The highest BCUT2D eigenvalue weighted by molar-refractivity contribution is 5.82. The molecular weight excluding hydrogens is 412 g/mol. The molecule has 2 unspecified atom stereocenters. The molecule has 33 heavy (non-hydrogen) atoms. The molecule has 4 saturated carbocycles. The summed E-state index contributed by atoms with van der Waals surface area (Å²) in [5.74, 6) is 2.43. The molecule has 1 aromatic heterocycles. The van der Waals surface area contributed by atoms with Gasteiger partial charge in [0.25, 0.3) is 0 Å². The molecule has 4 fully saturated rings. The van der Waals surface area contributed by atoms with Crippen LogP contribution in [0.25, 0.3) is 0 Å². The highest BCUT2D eigenvalue weighted by Gasteiger charge is 2.65. The van der Waals surface area contributed by atoms with Crippen molar-refractivity contribution >= 4 is 5.78 Å². The minimum atomic E-state index is -0.339. The van der Waals surface area contributed by atoms with E-state index in [1.807, 2.05) is 12.3 Å². The molecule has 0 radical (unpaired) electrons. The highest BCUT2D eigenvalue weighted by Crippen LogP contribution is 2.72. The molecule has 1 aromatic rings. The Morgan fingerprint density at radius 1 is 1.03 bits per heavy atom. The van der Waals surface area contributed by atoms with Gasteiger partial charge in [0, 0.05) is 25.4 Å². The van der Waals surface area contributed by atoms with Crippen LogP contribution in [0.3, 0.4) is 0 Å². The van der Waals surface area contributed by atoms with E-state index in [0.717, 1.165) is 25.7 Å². The van der Waals surface area contributed by atoms with E-state index in [4.69, 9.17) is 4.74 Å². The Bertz CT molecular complexity index is 855. The Kier molecular flexibility index (Phi) is 6.05. The largest absolute Gasteiger partial charge is 0.390 e. The van der Waals surface area contributed by atoms with E-state index in [2.05, 4.69) is 25.9 Å². The average molecular weight is 457 g/mol. The number of ketones is 1. The number of rotatable bonds is 4. The summed E-state index contributed by atoms with van der Waals surface area (Å²) in [4.78, 5) is 13.4. The zero-order valence-electron chi connectivity index (χ0n) is 21.1. The number of fused-ring (bicyclic) bond motifs is 5. The second-order valence-corrected chi connectivity index (χ2v) is 12.7. The Labute approximate surface area is 199 Å². The standard InChI is InChI=1S/C28H44N2O3/c1-26-12-5-7-23(33-4)21(31)17-19(26)10-13-28(3)24-9-8-20(27(24,2)14-11-25(26)28)22(32)18-30-16-6-15-29-30/h6,15-16,19-21,23-25,31H,5,7-14,17-18H2,1-4H3/t19-,20+,21?,23?,24+,25+,26-,27+,28-/m0/s1. The van der Waals surface area contributed by atoms with Gasteiger partial charge in [0.15, 0.2) is 5.78 Å². The maximum absolute atomic E-state index is 13.4. The molecule has 1 N–H and O–H groups in total. The van der Waals surface area contributed by atoms with E-state index in [0.29, 0.717) is 35.5 Å². The molecule has 0 aromatic carbocycles. The summed E-state index contributed by atoms with van der Waals surface area (Å²) in [5, 5.41) is 15.2. The van der Waals surface area contributed by atoms with Crippen LogP contribution in [-0.2, 0) is 16.1 Å². The fourth-order valence-electron chi connectivity index (χ4n) is 9.78. The maximum atomic E-state index is 13.4. The number of aromatic nitrogens is 2. The number of hydrogen-bond acceptors (Lipinski definition) is 4. The lowest BCUT2D eigenvalue weighted by Crippen LogP contribution is -2.58. The van der Waals surface area contributed by atoms with Gasteiger partial charge in [-0.3, -0.25) is 9.48 Å². The van der Waals surface area contributed by atoms with Gasteiger partial charge in [-0.2, -0.15) is 5.10 Å². The van der Waals surface area contributed by atoms with E-state index in [9.17, 15) is 9.90 Å². The van der Waals surface area contributed by atoms with Gasteiger partial charge in [-0.05, 0) is 97.9 Å². The molecule has 0 aliphatic heterocycles. The number of aliphatic hydroxyl groups excluding tert-OH is 1. The molecule has 1 heterocycles. The van der Waals surface area contributed by atoms with Gasteiger partial charge in [-0.15, -0.1) is 0 Å². The van der Waals surface area contributed by atoms with Crippen LogP contribution < -0.4 is 0 Å². The molecule has 184 valence electrons. The molecule has 0 spiro atoms. The minimum Gasteiger partial charge on any atom is -0.390 e. The predicted octanol–water partition coefficient (Wildman–Crippen LogP) is 5.27. The SMILES string of the molecule is COC1CCC[C@@]2(C)[C@@H](CC[C@]3(C)[C@@H]2CC[C@@]2(C)[C@H]3CC[C@@H]2C(=O)Cn2cccn2)CC1O. The number of carbonyl (C=O) groups is 1. The van der Waals surface area contributed by atoms with Crippen LogP contribution in [-0.4, -0.2) is 40.0 Å². The van der Waals surface area contributed by atoms with Crippen molar-refractivity contribution in [2.45, 2.75) is 104 Å². The van der Waals surface area contributed by atoms with Crippen LogP contribution in [0.4, 0.5) is 0 Å². The molecule has 9 atom stereocenters. The second kappa shape index (κ2) is 8.48. The molecule has 5 heteroatoms. The molecule has 0 amide bonds. The van der Waals surface area contributed by atoms with Gasteiger partial charge >= 0.3 is 0 Å². The van der Waals surface area contributed by atoms with E-state index < -0.39 is 0 Å². The number of Topliss-reactive ketones (excluding diaryl/α,β-unsaturated/α-hetero) is 1. The van der Waals surface area contributed by atoms with Crippen LogP contribution in [0.1, 0.15) is 85.0 Å². The third-order valence-electron chi connectivity index (χ3n) is 11.4. The summed E-state index contributed by atoms with van der Waals surface area (Å²) in [6.45, 7) is 7.99. The second-order valence-electron chi connectivity index (χ2n) is 12.7. The van der Waals surface area contributed by atoms with Crippen LogP contribution in [0.5, 0.6) is 0 Å². The smallest absolute Gasteiger partial charge is 0.157 e. The van der Waals surface area contributed by atoms with Gasteiger partial charge in [0.2, 0.25) is 0 Å². The summed E-state index contributed by atoms with van der Waals surface area (Å²) in [5.41, 5.74) is 0.690. The van der Waals surface area contributed by atoms with Crippen LogP contribution in [0.15, 0.2) is 18.5 Å². The summed E-state index contributed by atoms with van der Waals surface area (Å²) >= 11 is 0. The number of carbonyl (C=O) groups excluding carboxylic acids is 1.